The molecule has 6 heteroatoms. The zero-order chi connectivity index (χ0) is 16.8. The number of unbranched alkanes of at least 4 members (excludes halogenated alkanes) is 1. The maximum atomic E-state index is 12.7. The number of aromatic nitrogens is 2. The first-order valence-corrected chi connectivity index (χ1v) is 8.66. The molecule has 1 aliphatic rings. The molecule has 1 aromatic rings. The molecule has 0 aliphatic carbocycles. The van der Waals surface area contributed by atoms with Gasteiger partial charge in [-0.2, -0.15) is 5.10 Å². The van der Waals surface area contributed by atoms with E-state index >= 15 is 0 Å². The van der Waals surface area contributed by atoms with Gasteiger partial charge in [-0.1, -0.05) is 13.8 Å². The number of piperazine rings is 1. The van der Waals surface area contributed by atoms with Crippen molar-refractivity contribution in [3.63, 3.8) is 0 Å². The van der Waals surface area contributed by atoms with E-state index < -0.39 is 0 Å². The molecule has 6 nitrogen and oxygen atoms in total. The van der Waals surface area contributed by atoms with Gasteiger partial charge < -0.3 is 10.0 Å². The van der Waals surface area contributed by atoms with Gasteiger partial charge >= 0.3 is 0 Å². The minimum atomic E-state index is 0.0880. The molecule has 2 heterocycles. The SMILES string of the molecule is CC(C)Cc1cc(C(=O)N2CCN(CCCCO)CC2)n(C)n1. The molecule has 0 radical (unpaired) electrons. The molecular formula is C17H30N4O2. The van der Waals surface area contributed by atoms with Crippen LogP contribution in [0.4, 0.5) is 0 Å². The standard InChI is InChI=1S/C17H30N4O2/c1-14(2)12-15-13-16(19(3)18-15)17(23)21-9-7-20(8-10-21)6-4-5-11-22/h13-14,22H,4-12H2,1-3H3. The highest BCUT2D eigenvalue weighted by Crippen LogP contribution is 2.13. The number of aliphatic hydroxyl groups is 1. The number of nitrogens with zero attached hydrogens (tertiary/aromatic N) is 4. The maximum Gasteiger partial charge on any atom is 0.272 e. The summed E-state index contributed by atoms with van der Waals surface area (Å²) in [7, 11) is 1.85. The number of aryl methyl sites for hydroxylation is 1. The van der Waals surface area contributed by atoms with Crippen molar-refractivity contribution in [1.82, 2.24) is 19.6 Å². The van der Waals surface area contributed by atoms with E-state index in [1.165, 1.54) is 0 Å². The van der Waals surface area contributed by atoms with E-state index in [4.69, 9.17) is 5.11 Å². The Balaban J connectivity index is 1.88. The summed E-state index contributed by atoms with van der Waals surface area (Å²) in [4.78, 5) is 17.0. The zero-order valence-corrected chi connectivity index (χ0v) is 14.7. The van der Waals surface area contributed by atoms with Crippen LogP contribution in [0.1, 0.15) is 42.9 Å². The van der Waals surface area contributed by atoms with Crippen molar-refractivity contribution in [2.45, 2.75) is 33.1 Å². The number of hydrogen-bond acceptors (Lipinski definition) is 4. The summed E-state index contributed by atoms with van der Waals surface area (Å²) in [6.45, 7) is 8.94. The summed E-state index contributed by atoms with van der Waals surface area (Å²) in [5.41, 5.74) is 1.68. The van der Waals surface area contributed by atoms with E-state index in [9.17, 15) is 4.79 Å². The third-order valence-electron chi connectivity index (χ3n) is 4.31. The van der Waals surface area contributed by atoms with Crippen LogP contribution >= 0.6 is 0 Å². The molecule has 1 aromatic heterocycles. The van der Waals surface area contributed by atoms with Crippen LogP contribution in [0, 0.1) is 5.92 Å². The Labute approximate surface area is 139 Å². The molecule has 0 saturated carbocycles. The second-order valence-electron chi connectivity index (χ2n) is 6.81. The normalized spacial score (nSPS) is 16.3. The van der Waals surface area contributed by atoms with Gasteiger partial charge in [0.1, 0.15) is 5.69 Å². The van der Waals surface area contributed by atoms with Crippen molar-refractivity contribution in [2.75, 3.05) is 39.3 Å². The van der Waals surface area contributed by atoms with Crippen LogP contribution in [0.2, 0.25) is 0 Å². The maximum absolute atomic E-state index is 12.7. The molecule has 2 rings (SSSR count). The smallest absolute Gasteiger partial charge is 0.272 e. The first kappa shape index (κ1) is 17.9. The van der Waals surface area contributed by atoms with Crippen LogP contribution in [0.3, 0.4) is 0 Å². The summed E-state index contributed by atoms with van der Waals surface area (Å²) >= 11 is 0. The lowest BCUT2D eigenvalue weighted by molar-refractivity contribution is 0.0623. The molecular weight excluding hydrogens is 292 g/mol. The van der Waals surface area contributed by atoms with Crippen LogP contribution in [-0.2, 0) is 13.5 Å². The summed E-state index contributed by atoms with van der Waals surface area (Å²) in [6.07, 6.45) is 2.78. The van der Waals surface area contributed by atoms with Crippen LogP contribution in [-0.4, -0.2) is 69.9 Å². The fourth-order valence-electron chi connectivity index (χ4n) is 3.03. The van der Waals surface area contributed by atoms with Gasteiger partial charge in [-0.05, 0) is 37.8 Å². The van der Waals surface area contributed by atoms with E-state index in [1.807, 2.05) is 18.0 Å². The van der Waals surface area contributed by atoms with E-state index in [-0.39, 0.29) is 12.5 Å². The molecule has 0 atom stereocenters. The van der Waals surface area contributed by atoms with Crippen molar-refractivity contribution >= 4 is 5.91 Å². The highest BCUT2D eigenvalue weighted by atomic mass is 16.3. The van der Waals surface area contributed by atoms with Gasteiger partial charge in [-0.15, -0.1) is 0 Å². The van der Waals surface area contributed by atoms with Gasteiger partial charge in [-0.3, -0.25) is 14.4 Å². The quantitative estimate of drug-likeness (QED) is 0.765. The van der Waals surface area contributed by atoms with Crippen molar-refractivity contribution in [3.05, 3.63) is 17.5 Å². The number of carbonyl (C=O) groups is 1. The lowest BCUT2D eigenvalue weighted by atomic mass is 10.1. The molecule has 1 N–H and O–H groups in total. The van der Waals surface area contributed by atoms with E-state index in [0.717, 1.165) is 57.7 Å². The average molecular weight is 322 g/mol. The fraction of sp³-hybridized carbons (Fsp3) is 0.765. The number of carbonyl (C=O) groups excluding carboxylic acids is 1. The lowest BCUT2D eigenvalue weighted by Crippen LogP contribution is -2.49. The van der Waals surface area contributed by atoms with Gasteiger partial charge in [0.25, 0.3) is 5.91 Å². The average Bonchev–Trinajstić information content (AvgIpc) is 2.87. The molecule has 130 valence electrons. The molecule has 1 fully saturated rings. The van der Waals surface area contributed by atoms with Crippen LogP contribution in [0.5, 0.6) is 0 Å². The first-order valence-electron chi connectivity index (χ1n) is 8.66. The molecule has 0 aromatic carbocycles. The minimum Gasteiger partial charge on any atom is -0.396 e. The third-order valence-corrected chi connectivity index (χ3v) is 4.31. The van der Waals surface area contributed by atoms with E-state index in [2.05, 4.69) is 23.8 Å². The number of rotatable bonds is 7. The lowest BCUT2D eigenvalue weighted by Gasteiger charge is -2.34. The monoisotopic (exact) mass is 322 g/mol. The number of amides is 1. The van der Waals surface area contributed by atoms with Crippen molar-refractivity contribution in [3.8, 4) is 0 Å². The largest absolute Gasteiger partial charge is 0.396 e. The predicted octanol–water partition coefficient (Wildman–Crippen LogP) is 1.15. The fourth-order valence-corrected chi connectivity index (χ4v) is 3.03. The third kappa shape index (κ3) is 5.04. The molecule has 0 bridgehead atoms. The molecule has 1 amide bonds. The molecule has 23 heavy (non-hydrogen) atoms. The van der Waals surface area contributed by atoms with Gasteiger partial charge in [-0.25, -0.2) is 0 Å². The second kappa shape index (κ2) is 8.45. The first-order chi connectivity index (χ1) is 11.0. The number of hydrogen-bond donors (Lipinski definition) is 1. The molecule has 1 aliphatic heterocycles. The second-order valence-corrected chi connectivity index (χ2v) is 6.81. The van der Waals surface area contributed by atoms with Gasteiger partial charge in [0.2, 0.25) is 0 Å². The highest BCUT2D eigenvalue weighted by Gasteiger charge is 2.24. The topological polar surface area (TPSA) is 61.6 Å². The van der Waals surface area contributed by atoms with Crippen molar-refractivity contribution < 1.29 is 9.90 Å². The van der Waals surface area contributed by atoms with Gasteiger partial charge in [0.05, 0.1) is 5.69 Å². The van der Waals surface area contributed by atoms with E-state index in [1.54, 1.807) is 4.68 Å². The summed E-state index contributed by atoms with van der Waals surface area (Å²) in [5.74, 6) is 0.625. The van der Waals surface area contributed by atoms with E-state index in [0.29, 0.717) is 11.6 Å². The molecule has 0 unspecified atom stereocenters. The van der Waals surface area contributed by atoms with Crippen LogP contribution in [0.15, 0.2) is 6.07 Å². The van der Waals surface area contributed by atoms with Gasteiger partial charge in [0, 0.05) is 39.8 Å². The van der Waals surface area contributed by atoms with Crippen molar-refractivity contribution in [1.29, 1.82) is 0 Å². The Morgan fingerprint density at radius 1 is 1.26 bits per heavy atom. The summed E-state index contributed by atoms with van der Waals surface area (Å²) < 4.78 is 1.72. The molecule has 1 saturated heterocycles. The minimum absolute atomic E-state index is 0.0880. The summed E-state index contributed by atoms with van der Waals surface area (Å²) in [5, 5.41) is 13.3. The Kier molecular flexibility index (Phi) is 6.59. The van der Waals surface area contributed by atoms with Gasteiger partial charge in [0.15, 0.2) is 0 Å². The van der Waals surface area contributed by atoms with Crippen molar-refractivity contribution in [2.24, 2.45) is 13.0 Å². The van der Waals surface area contributed by atoms with Crippen LogP contribution < -0.4 is 0 Å². The zero-order valence-electron chi connectivity index (χ0n) is 14.7. The summed E-state index contributed by atoms with van der Waals surface area (Å²) in [6, 6.07) is 1.94. The number of aliphatic hydroxyl groups excluding tert-OH is 1. The Morgan fingerprint density at radius 2 is 1.96 bits per heavy atom. The predicted molar refractivity (Wildman–Crippen MR) is 90.4 cm³/mol. The Bertz CT molecular complexity index is 505. The van der Waals surface area contributed by atoms with Crippen LogP contribution in [0.25, 0.3) is 0 Å². The highest BCUT2D eigenvalue weighted by molar-refractivity contribution is 5.92. The molecule has 0 spiro atoms. The Hall–Kier alpha value is -1.40. The Morgan fingerprint density at radius 3 is 2.57 bits per heavy atom.